The number of hydrogen-bond donors (Lipinski definition) is 1. The van der Waals surface area contributed by atoms with Crippen LogP contribution in [-0.2, 0) is 12.1 Å². The van der Waals surface area contributed by atoms with Crippen molar-refractivity contribution in [3.05, 3.63) is 59.5 Å². The van der Waals surface area contributed by atoms with E-state index in [1.807, 2.05) is 56.6 Å². The van der Waals surface area contributed by atoms with Gasteiger partial charge in [0.25, 0.3) is 0 Å². The molecule has 0 aliphatic heterocycles. The van der Waals surface area contributed by atoms with E-state index in [0.717, 1.165) is 30.7 Å². The predicted molar refractivity (Wildman–Crippen MR) is 92.1 cm³/mol. The van der Waals surface area contributed by atoms with E-state index in [1.165, 1.54) is 19.3 Å². The van der Waals surface area contributed by atoms with Crippen LogP contribution in [0.15, 0.2) is 46.9 Å². The Labute approximate surface area is 138 Å². The first-order valence-corrected chi connectivity index (χ1v) is 8.62. The van der Waals surface area contributed by atoms with Crippen molar-refractivity contribution >= 4 is 0 Å². The predicted octanol–water partition coefficient (Wildman–Crippen LogP) is 4.16. The summed E-state index contributed by atoms with van der Waals surface area (Å²) < 4.78 is 6.08. The molecule has 23 heavy (non-hydrogen) atoms. The van der Waals surface area contributed by atoms with E-state index < -0.39 is 5.60 Å². The molecule has 0 saturated heterocycles. The Morgan fingerprint density at radius 2 is 1.74 bits per heavy atom. The zero-order valence-corrected chi connectivity index (χ0v) is 14.2. The molecule has 1 fully saturated rings. The lowest BCUT2D eigenvalue weighted by molar-refractivity contribution is -0.0197. The van der Waals surface area contributed by atoms with Crippen molar-refractivity contribution in [1.82, 2.24) is 4.90 Å². The maximum absolute atomic E-state index is 11.7. The first kappa shape index (κ1) is 16.3. The fourth-order valence-corrected chi connectivity index (χ4v) is 3.77. The van der Waals surface area contributed by atoms with Gasteiger partial charge in [-0.3, -0.25) is 0 Å². The van der Waals surface area contributed by atoms with E-state index in [9.17, 15) is 5.11 Å². The van der Waals surface area contributed by atoms with Gasteiger partial charge in [-0.2, -0.15) is 0 Å². The highest BCUT2D eigenvalue weighted by Gasteiger charge is 2.43. The van der Waals surface area contributed by atoms with Gasteiger partial charge in [0.1, 0.15) is 17.1 Å². The smallest absolute Gasteiger partial charge is 0.150 e. The lowest BCUT2D eigenvalue weighted by Gasteiger charge is -2.37. The zero-order valence-electron chi connectivity index (χ0n) is 14.2. The second-order valence-corrected chi connectivity index (χ2v) is 6.97. The fourth-order valence-electron chi connectivity index (χ4n) is 3.77. The molecule has 3 rings (SSSR count). The third kappa shape index (κ3) is 3.36. The highest BCUT2D eigenvalue weighted by molar-refractivity contribution is 5.33. The summed E-state index contributed by atoms with van der Waals surface area (Å²) in [5.74, 6) is 1.81. The van der Waals surface area contributed by atoms with E-state index >= 15 is 0 Å². The topological polar surface area (TPSA) is 36.6 Å². The van der Waals surface area contributed by atoms with Crippen molar-refractivity contribution in [1.29, 1.82) is 0 Å². The van der Waals surface area contributed by atoms with E-state index in [-0.39, 0.29) is 5.92 Å². The van der Waals surface area contributed by atoms with Gasteiger partial charge in [-0.25, -0.2) is 0 Å². The van der Waals surface area contributed by atoms with Crippen molar-refractivity contribution in [2.45, 2.75) is 44.2 Å². The Hall–Kier alpha value is -1.58. The van der Waals surface area contributed by atoms with Crippen LogP contribution in [0.25, 0.3) is 0 Å². The van der Waals surface area contributed by atoms with Crippen molar-refractivity contribution in [2.24, 2.45) is 5.92 Å². The molecular weight excluding hydrogens is 286 g/mol. The maximum atomic E-state index is 11.7. The van der Waals surface area contributed by atoms with Crippen LogP contribution in [0.3, 0.4) is 0 Å². The summed E-state index contributed by atoms with van der Waals surface area (Å²) in [6.45, 7) is 0.746. The molecule has 0 bridgehead atoms. The van der Waals surface area contributed by atoms with Crippen LogP contribution in [0, 0.1) is 5.92 Å². The van der Waals surface area contributed by atoms with Crippen molar-refractivity contribution < 1.29 is 9.52 Å². The van der Waals surface area contributed by atoms with E-state index in [4.69, 9.17) is 4.42 Å². The largest absolute Gasteiger partial charge is 0.461 e. The molecule has 0 radical (unpaired) electrons. The standard InChI is InChI=1S/C20H27NO2/c1-21(2)15-18-13-14-19(23-18)20(22,16-9-5-3-6-10-16)17-11-7-4-8-12-17/h3,5-6,9-10,13-14,17,22H,4,7-8,11-12,15H2,1-2H3. The normalized spacial score (nSPS) is 19.0. The van der Waals surface area contributed by atoms with Crippen LogP contribution in [0.4, 0.5) is 0 Å². The van der Waals surface area contributed by atoms with Crippen LogP contribution in [0.5, 0.6) is 0 Å². The Morgan fingerprint density at radius 3 is 2.39 bits per heavy atom. The second kappa shape index (κ2) is 6.90. The average Bonchev–Trinajstić information content (AvgIpc) is 3.04. The molecule has 1 aromatic heterocycles. The SMILES string of the molecule is CN(C)Cc1ccc(C(O)(c2ccccc2)C2CCCCC2)o1. The highest BCUT2D eigenvalue weighted by atomic mass is 16.4. The average molecular weight is 313 g/mol. The number of benzene rings is 1. The van der Waals surface area contributed by atoms with Gasteiger partial charge in [-0.05, 0) is 50.6 Å². The number of hydrogen-bond acceptors (Lipinski definition) is 3. The van der Waals surface area contributed by atoms with Gasteiger partial charge in [0, 0.05) is 0 Å². The molecular formula is C20H27NO2. The molecule has 1 saturated carbocycles. The van der Waals surface area contributed by atoms with Crippen LogP contribution < -0.4 is 0 Å². The first-order chi connectivity index (χ1) is 11.1. The molecule has 1 N–H and O–H groups in total. The Balaban J connectivity index is 1.99. The molecule has 1 aliphatic carbocycles. The van der Waals surface area contributed by atoms with Gasteiger partial charge in [0.2, 0.25) is 0 Å². The van der Waals surface area contributed by atoms with Gasteiger partial charge >= 0.3 is 0 Å². The Bertz CT molecular complexity index is 614. The van der Waals surface area contributed by atoms with Gasteiger partial charge < -0.3 is 14.4 Å². The third-order valence-electron chi connectivity index (χ3n) is 4.92. The lowest BCUT2D eigenvalue weighted by Crippen LogP contribution is -2.37. The molecule has 3 nitrogen and oxygen atoms in total. The van der Waals surface area contributed by atoms with E-state index in [0.29, 0.717) is 5.76 Å². The summed E-state index contributed by atoms with van der Waals surface area (Å²) in [7, 11) is 4.04. The highest BCUT2D eigenvalue weighted by Crippen LogP contribution is 2.44. The minimum Gasteiger partial charge on any atom is -0.461 e. The zero-order chi connectivity index (χ0) is 16.3. The molecule has 1 aromatic carbocycles. The summed E-state index contributed by atoms with van der Waals surface area (Å²) in [4.78, 5) is 2.07. The number of furan rings is 1. The fraction of sp³-hybridized carbons (Fsp3) is 0.500. The molecule has 0 spiro atoms. The second-order valence-electron chi connectivity index (χ2n) is 6.97. The van der Waals surface area contributed by atoms with Crippen LogP contribution in [0.1, 0.15) is 49.2 Å². The minimum atomic E-state index is -1.02. The summed E-state index contributed by atoms with van der Waals surface area (Å²) >= 11 is 0. The number of rotatable bonds is 5. The molecule has 1 aliphatic rings. The molecule has 1 heterocycles. The van der Waals surface area contributed by atoms with Crippen molar-refractivity contribution in [3.8, 4) is 0 Å². The van der Waals surface area contributed by atoms with Gasteiger partial charge in [0.05, 0.1) is 6.54 Å². The third-order valence-corrected chi connectivity index (χ3v) is 4.92. The monoisotopic (exact) mass is 313 g/mol. The van der Waals surface area contributed by atoms with Gasteiger partial charge in [-0.15, -0.1) is 0 Å². The van der Waals surface area contributed by atoms with Crippen molar-refractivity contribution in [3.63, 3.8) is 0 Å². The van der Waals surface area contributed by atoms with E-state index in [1.54, 1.807) is 0 Å². The number of nitrogens with zero attached hydrogens (tertiary/aromatic N) is 1. The minimum absolute atomic E-state index is 0.219. The maximum Gasteiger partial charge on any atom is 0.150 e. The summed E-state index contributed by atoms with van der Waals surface area (Å²) in [5, 5.41) is 11.7. The summed E-state index contributed by atoms with van der Waals surface area (Å²) in [6, 6.07) is 14.0. The summed E-state index contributed by atoms with van der Waals surface area (Å²) in [5.41, 5.74) is -0.0793. The molecule has 1 unspecified atom stereocenters. The Morgan fingerprint density at radius 1 is 1.04 bits per heavy atom. The Kier molecular flexibility index (Phi) is 4.88. The molecule has 3 heteroatoms. The summed E-state index contributed by atoms with van der Waals surface area (Å²) in [6.07, 6.45) is 5.74. The van der Waals surface area contributed by atoms with Crippen LogP contribution in [-0.4, -0.2) is 24.1 Å². The lowest BCUT2D eigenvalue weighted by atomic mass is 9.72. The van der Waals surface area contributed by atoms with E-state index in [2.05, 4.69) is 4.90 Å². The first-order valence-electron chi connectivity index (χ1n) is 8.62. The van der Waals surface area contributed by atoms with Gasteiger partial charge in [-0.1, -0.05) is 49.6 Å². The van der Waals surface area contributed by atoms with Gasteiger partial charge in [0.15, 0.2) is 0 Å². The molecule has 2 aromatic rings. The van der Waals surface area contributed by atoms with Crippen LogP contribution in [0.2, 0.25) is 0 Å². The number of aliphatic hydroxyl groups is 1. The van der Waals surface area contributed by atoms with Crippen LogP contribution >= 0.6 is 0 Å². The molecule has 1 atom stereocenters. The molecule has 124 valence electrons. The quantitative estimate of drug-likeness (QED) is 0.900. The van der Waals surface area contributed by atoms with Crippen molar-refractivity contribution in [2.75, 3.05) is 14.1 Å². The molecule has 0 amide bonds.